The minimum Gasteiger partial charge on any atom is -0.465 e. The lowest BCUT2D eigenvalue weighted by atomic mass is 10.1. The Labute approximate surface area is 168 Å². The minimum absolute atomic E-state index is 0.126. The predicted molar refractivity (Wildman–Crippen MR) is 107 cm³/mol. The van der Waals surface area contributed by atoms with E-state index in [9.17, 15) is 14.4 Å². The van der Waals surface area contributed by atoms with Crippen LogP contribution in [0.2, 0.25) is 0 Å². The monoisotopic (exact) mass is 428 g/mol. The molecule has 0 aliphatic rings. The van der Waals surface area contributed by atoms with Crippen LogP contribution >= 0.6 is 34.9 Å². The van der Waals surface area contributed by atoms with Crippen LogP contribution in [0.3, 0.4) is 0 Å². The van der Waals surface area contributed by atoms with Gasteiger partial charge in [-0.3, -0.25) is 0 Å². The predicted octanol–water partition coefficient (Wildman–Crippen LogP) is 3.29. The third-order valence-corrected chi connectivity index (χ3v) is 5.70. The summed E-state index contributed by atoms with van der Waals surface area (Å²) in [6.07, 6.45) is 0. The Morgan fingerprint density at radius 3 is 2.15 bits per heavy atom. The summed E-state index contributed by atoms with van der Waals surface area (Å²) >= 11 is 7.48. The van der Waals surface area contributed by atoms with Gasteiger partial charge in [0.2, 0.25) is 0 Å². The second kappa shape index (κ2) is 8.93. The fourth-order valence-electron chi connectivity index (χ4n) is 2.15. The molecule has 0 aliphatic carbocycles. The molecule has 0 saturated heterocycles. The second-order valence-electron chi connectivity index (χ2n) is 4.98. The van der Waals surface area contributed by atoms with Crippen LogP contribution in [0, 0.1) is 6.92 Å². The lowest BCUT2D eigenvalue weighted by Gasteiger charge is -2.10. The maximum Gasteiger partial charge on any atom is 0.350 e. The van der Waals surface area contributed by atoms with Gasteiger partial charge in [0.05, 0.1) is 32.6 Å². The number of methoxy groups -OCH3 is 3. The molecule has 2 aromatic rings. The van der Waals surface area contributed by atoms with Crippen LogP contribution in [0.15, 0.2) is 11.4 Å². The van der Waals surface area contributed by atoms with Crippen LogP contribution in [0.25, 0.3) is 0 Å². The summed E-state index contributed by atoms with van der Waals surface area (Å²) in [5.41, 5.74) is 1.07. The summed E-state index contributed by atoms with van der Waals surface area (Å²) in [7, 11) is 3.78. The highest BCUT2D eigenvalue weighted by molar-refractivity contribution is 7.80. The highest BCUT2D eigenvalue weighted by Crippen LogP contribution is 2.34. The topological polar surface area (TPSA) is 103 Å². The fraction of sp³-hybridized carbons (Fsp3) is 0.250. The molecule has 27 heavy (non-hydrogen) atoms. The Morgan fingerprint density at radius 2 is 1.56 bits per heavy atom. The van der Waals surface area contributed by atoms with E-state index in [2.05, 4.69) is 10.6 Å². The molecule has 2 heterocycles. The first kappa shape index (κ1) is 20.8. The molecule has 8 nitrogen and oxygen atoms in total. The number of nitrogens with one attached hydrogen (secondary N) is 2. The zero-order valence-corrected chi connectivity index (χ0v) is 17.3. The third kappa shape index (κ3) is 4.43. The maximum atomic E-state index is 12.1. The Balaban J connectivity index is 2.30. The molecule has 0 amide bonds. The van der Waals surface area contributed by atoms with Gasteiger partial charge >= 0.3 is 17.9 Å². The molecule has 0 aromatic carbocycles. The molecule has 0 unspecified atom stereocenters. The zero-order valence-electron chi connectivity index (χ0n) is 14.8. The quantitative estimate of drug-likeness (QED) is 0.422. The molecule has 2 N–H and O–H groups in total. The van der Waals surface area contributed by atoms with Gasteiger partial charge < -0.3 is 24.8 Å². The number of thiocarbonyl (C=S) groups is 1. The van der Waals surface area contributed by atoms with Crippen LogP contribution in [0.1, 0.15) is 35.3 Å². The number of esters is 3. The van der Waals surface area contributed by atoms with E-state index >= 15 is 0 Å². The first-order chi connectivity index (χ1) is 12.8. The molecule has 0 atom stereocenters. The number of rotatable bonds is 5. The Bertz CT molecular complexity index is 902. The van der Waals surface area contributed by atoms with Crippen LogP contribution in [0.4, 0.5) is 10.7 Å². The van der Waals surface area contributed by atoms with Crippen molar-refractivity contribution in [3.63, 3.8) is 0 Å². The SMILES string of the molecule is COC(=O)c1sccc1NC(=S)Nc1sc(C(=O)OC)c(C)c1C(=O)OC. The number of ether oxygens (including phenoxy) is 3. The minimum atomic E-state index is -0.616. The molecule has 11 heteroatoms. The Morgan fingerprint density at radius 1 is 0.963 bits per heavy atom. The van der Waals surface area contributed by atoms with Crippen molar-refractivity contribution < 1.29 is 28.6 Å². The molecule has 2 aromatic heterocycles. The summed E-state index contributed by atoms with van der Waals surface area (Å²) in [5, 5.41) is 7.91. The van der Waals surface area contributed by atoms with Crippen LogP contribution in [-0.4, -0.2) is 44.3 Å². The molecular weight excluding hydrogens is 412 g/mol. The van der Waals surface area contributed by atoms with Crippen molar-refractivity contribution in [3.8, 4) is 0 Å². The summed E-state index contributed by atoms with van der Waals surface area (Å²) in [5.74, 6) is -1.68. The van der Waals surface area contributed by atoms with Crippen molar-refractivity contribution in [2.45, 2.75) is 6.92 Å². The Hall–Kier alpha value is -2.50. The average Bonchev–Trinajstić information content (AvgIpc) is 3.24. The molecule has 0 radical (unpaired) electrons. The molecule has 2 rings (SSSR count). The van der Waals surface area contributed by atoms with Gasteiger partial charge in [0.1, 0.15) is 14.8 Å². The number of hydrogen-bond donors (Lipinski definition) is 2. The molecule has 0 saturated carbocycles. The number of carbonyl (C=O) groups is 3. The Kier molecular flexibility index (Phi) is 6.88. The van der Waals surface area contributed by atoms with E-state index in [0.29, 0.717) is 21.1 Å². The molecule has 0 aliphatic heterocycles. The zero-order chi connectivity index (χ0) is 20.1. The van der Waals surface area contributed by atoms with Gasteiger partial charge in [-0.15, -0.1) is 22.7 Å². The summed E-state index contributed by atoms with van der Waals surface area (Å²) < 4.78 is 14.2. The van der Waals surface area contributed by atoms with Crippen molar-refractivity contribution in [2.75, 3.05) is 32.0 Å². The van der Waals surface area contributed by atoms with Gasteiger partial charge in [-0.05, 0) is 36.2 Å². The largest absolute Gasteiger partial charge is 0.465 e. The van der Waals surface area contributed by atoms with E-state index in [-0.39, 0.29) is 15.6 Å². The molecule has 0 bridgehead atoms. The first-order valence-electron chi connectivity index (χ1n) is 7.37. The fourth-order valence-corrected chi connectivity index (χ4v) is 4.31. The third-order valence-electron chi connectivity index (χ3n) is 3.42. The molecular formula is C16H16N2O6S3. The summed E-state index contributed by atoms with van der Waals surface area (Å²) in [6.45, 7) is 1.62. The van der Waals surface area contributed by atoms with Crippen LogP contribution in [-0.2, 0) is 14.2 Å². The number of hydrogen-bond acceptors (Lipinski definition) is 9. The van der Waals surface area contributed by atoms with Crippen molar-refractivity contribution in [1.29, 1.82) is 0 Å². The second-order valence-corrected chi connectivity index (χ2v) is 7.32. The normalized spacial score (nSPS) is 10.1. The summed E-state index contributed by atoms with van der Waals surface area (Å²) in [6, 6.07) is 1.67. The lowest BCUT2D eigenvalue weighted by Crippen LogP contribution is -2.21. The van der Waals surface area contributed by atoms with Gasteiger partial charge in [-0.2, -0.15) is 0 Å². The molecule has 144 valence electrons. The van der Waals surface area contributed by atoms with Gasteiger partial charge in [-0.25, -0.2) is 14.4 Å². The smallest absolute Gasteiger partial charge is 0.350 e. The van der Waals surface area contributed by atoms with E-state index in [1.165, 1.54) is 32.7 Å². The van der Waals surface area contributed by atoms with Gasteiger partial charge in [0.15, 0.2) is 5.11 Å². The molecule has 0 fully saturated rings. The summed E-state index contributed by atoms with van der Waals surface area (Å²) in [4.78, 5) is 36.4. The number of anilines is 2. The van der Waals surface area contributed by atoms with Crippen molar-refractivity contribution in [2.24, 2.45) is 0 Å². The van der Waals surface area contributed by atoms with Gasteiger partial charge in [0, 0.05) is 0 Å². The first-order valence-corrected chi connectivity index (χ1v) is 9.48. The van der Waals surface area contributed by atoms with E-state index in [1.54, 1.807) is 18.4 Å². The highest BCUT2D eigenvalue weighted by Gasteiger charge is 2.26. The lowest BCUT2D eigenvalue weighted by molar-refractivity contribution is 0.0592. The highest BCUT2D eigenvalue weighted by atomic mass is 32.1. The van der Waals surface area contributed by atoms with Crippen molar-refractivity contribution >= 4 is 68.6 Å². The standard InChI is InChI=1S/C16H16N2O6S3/c1-7-9(13(19)22-2)12(27-10(7)14(20)23-3)18-16(25)17-8-5-6-26-11(8)15(21)24-4/h5-6H,1-4H3,(H2,17,18,25). The van der Waals surface area contributed by atoms with E-state index in [4.69, 9.17) is 26.4 Å². The van der Waals surface area contributed by atoms with Gasteiger partial charge in [0.25, 0.3) is 0 Å². The average molecular weight is 429 g/mol. The molecule has 0 spiro atoms. The van der Waals surface area contributed by atoms with Gasteiger partial charge in [-0.1, -0.05) is 0 Å². The maximum absolute atomic E-state index is 12.1. The van der Waals surface area contributed by atoms with Crippen molar-refractivity contribution in [3.05, 3.63) is 32.3 Å². The number of thiophene rings is 2. The van der Waals surface area contributed by atoms with Crippen molar-refractivity contribution in [1.82, 2.24) is 0 Å². The van der Waals surface area contributed by atoms with Crippen LogP contribution in [0.5, 0.6) is 0 Å². The van der Waals surface area contributed by atoms with Crippen LogP contribution < -0.4 is 10.6 Å². The number of carbonyl (C=O) groups excluding carboxylic acids is 3. The van der Waals surface area contributed by atoms with E-state index in [1.807, 2.05) is 0 Å². The van der Waals surface area contributed by atoms with E-state index < -0.39 is 17.9 Å². The van der Waals surface area contributed by atoms with E-state index in [0.717, 1.165) is 11.3 Å².